The van der Waals surface area contributed by atoms with Gasteiger partial charge in [-0.2, -0.15) is 4.31 Å². The van der Waals surface area contributed by atoms with Gasteiger partial charge in [0.2, 0.25) is 10.0 Å². The van der Waals surface area contributed by atoms with E-state index in [1.165, 1.54) is 22.7 Å². The minimum atomic E-state index is -3.39. The van der Waals surface area contributed by atoms with E-state index in [-0.39, 0.29) is 5.54 Å². The van der Waals surface area contributed by atoms with E-state index in [0.29, 0.717) is 31.2 Å². The highest BCUT2D eigenvalue weighted by atomic mass is 32.2. The molecule has 0 spiro atoms. The first-order valence-electron chi connectivity index (χ1n) is 8.88. The highest BCUT2D eigenvalue weighted by molar-refractivity contribution is 7.89. The van der Waals surface area contributed by atoms with Crippen LogP contribution in [0.4, 0.5) is 0 Å². The molecular weight excluding hydrogens is 324 g/mol. The molecule has 24 heavy (non-hydrogen) atoms. The molecule has 2 aliphatic rings. The standard InChI is InChI=1S/C18H28N2O3S/c1-3-18(2)9-4-10-19(18)15-16-5-7-17(8-6-16)24(21,22)20-11-13-23-14-12-20/h5-8H,3-4,9-15H2,1-2H3. The lowest BCUT2D eigenvalue weighted by Gasteiger charge is -2.34. The van der Waals surface area contributed by atoms with E-state index in [0.717, 1.165) is 19.5 Å². The van der Waals surface area contributed by atoms with Crippen LogP contribution in [0.15, 0.2) is 29.2 Å². The predicted molar refractivity (Wildman–Crippen MR) is 94.4 cm³/mol. The number of morpholine rings is 1. The van der Waals surface area contributed by atoms with Gasteiger partial charge < -0.3 is 4.74 Å². The van der Waals surface area contributed by atoms with Crippen molar-refractivity contribution in [3.8, 4) is 0 Å². The molecule has 2 fully saturated rings. The van der Waals surface area contributed by atoms with Crippen LogP contribution in [-0.2, 0) is 21.3 Å². The molecular formula is C18H28N2O3S. The molecule has 3 rings (SSSR count). The van der Waals surface area contributed by atoms with Gasteiger partial charge in [-0.15, -0.1) is 0 Å². The molecule has 134 valence electrons. The van der Waals surface area contributed by atoms with Gasteiger partial charge in [0.15, 0.2) is 0 Å². The number of sulfonamides is 1. The molecule has 1 unspecified atom stereocenters. The van der Waals surface area contributed by atoms with Crippen molar-refractivity contribution in [1.29, 1.82) is 0 Å². The van der Waals surface area contributed by atoms with Crippen molar-refractivity contribution in [3.05, 3.63) is 29.8 Å². The zero-order valence-electron chi connectivity index (χ0n) is 14.7. The highest BCUT2D eigenvalue weighted by Crippen LogP contribution is 2.33. The zero-order valence-corrected chi connectivity index (χ0v) is 15.5. The summed E-state index contributed by atoms with van der Waals surface area (Å²) in [6.07, 6.45) is 3.64. The molecule has 1 aromatic carbocycles. The van der Waals surface area contributed by atoms with E-state index >= 15 is 0 Å². The fourth-order valence-corrected chi connectivity index (χ4v) is 5.08. The smallest absolute Gasteiger partial charge is 0.243 e. The maximum atomic E-state index is 12.7. The first-order chi connectivity index (χ1) is 11.5. The van der Waals surface area contributed by atoms with Crippen LogP contribution in [0.2, 0.25) is 0 Å². The topological polar surface area (TPSA) is 49.9 Å². The third kappa shape index (κ3) is 3.52. The summed E-state index contributed by atoms with van der Waals surface area (Å²) in [4.78, 5) is 2.91. The minimum Gasteiger partial charge on any atom is -0.379 e. The Morgan fingerprint density at radius 2 is 1.79 bits per heavy atom. The maximum Gasteiger partial charge on any atom is 0.243 e. The molecule has 0 radical (unpaired) electrons. The molecule has 0 amide bonds. The molecule has 2 aliphatic heterocycles. The van der Waals surface area contributed by atoms with Gasteiger partial charge in [0.1, 0.15) is 0 Å². The lowest BCUT2D eigenvalue weighted by Crippen LogP contribution is -2.40. The summed E-state index contributed by atoms with van der Waals surface area (Å²) in [7, 11) is -3.39. The van der Waals surface area contributed by atoms with Crippen LogP contribution in [0.3, 0.4) is 0 Å². The predicted octanol–water partition coefficient (Wildman–Crippen LogP) is 2.47. The van der Waals surface area contributed by atoms with Gasteiger partial charge in [-0.25, -0.2) is 8.42 Å². The molecule has 2 saturated heterocycles. The van der Waals surface area contributed by atoms with Crippen LogP contribution in [0, 0.1) is 0 Å². The molecule has 5 nitrogen and oxygen atoms in total. The van der Waals surface area contributed by atoms with Crippen LogP contribution >= 0.6 is 0 Å². The summed E-state index contributed by atoms with van der Waals surface area (Å²) in [6.45, 7) is 8.41. The van der Waals surface area contributed by atoms with Gasteiger partial charge >= 0.3 is 0 Å². The molecule has 2 heterocycles. The van der Waals surface area contributed by atoms with Crippen LogP contribution in [-0.4, -0.2) is 56.0 Å². The number of nitrogens with zero attached hydrogens (tertiary/aromatic N) is 2. The van der Waals surface area contributed by atoms with E-state index in [2.05, 4.69) is 18.7 Å². The van der Waals surface area contributed by atoms with Gasteiger partial charge in [-0.3, -0.25) is 4.90 Å². The quantitative estimate of drug-likeness (QED) is 0.817. The fourth-order valence-electron chi connectivity index (χ4n) is 3.67. The summed E-state index contributed by atoms with van der Waals surface area (Å²) < 4.78 is 32.1. The number of benzene rings is 1. The molecule has 1 aromatic rings. The second-order valence-corrected chi connectivity index (χ2v) is 8.97. The summed E-state index contributed by atoms with van der Waals surface area (Å²) in [5.74, 6) is 0. The van der Waals surface area contributed by atoms with E-state index in [9.17, 15) is 8.42 Å². The van der Waals surface area contributed by atoms with Gasteiger partial charge in [0, 0.05) is 25.2 Å². The molecule has 0 bridgehead atoms. The number of rotatable bonds is 5. The van der Waals surface area contributed by atoms with Gasteiger partial charge in [-0.1, -0.05) is 19.1 Å². The molecule has 0 N–H and O–H groups in total. The van der Waals surface area contributed by atoms with Crippen molar-refractivity contribution in [2.24, 2.45) is 0 Å². The monoisotopic (exact) mass is 352 g/mol. The third-order valence-electron chi connectivity index (χ3n) is 5.57. The summed E-state index contributed by atoms with van der Waals surface area (Å²) in [5.41, 5.74) is 1.45. The molecule has 6 heteroatoms. The first-order valence-corrected chi connectivity index (χ1v) is 10.3. The second kappa shape index (κ2) is 7.12. The molecule has 0 aliphatic carbocycles. The van der Waals surface area contributed by atoms with Crippen molar-refractivity contribution in [3.63, 3.8) is 0 Å². The van der Waals surface area contributed by atoms with Gasteiger partial charge in [0.25, 0.3) is 0 Å². The summed E-state index contributed by atoms with van der Waals surface area (Å²) in [6, 6.07) is 7.42. The lowest BCUT2D eigenvalue weighted by molar-refractivity contribution is 0.0730. The number of likely N-dealkylation sites (tertiary alicyclic amines) is 1. The van der Waals surface area contributed by atoms with Crippen molar-refractivity contribution in [1.82, 2.24) is 9.21 Å². The Bertz CT molecular complexity index is 653. The number of ether oxygens (including phenoxy) is 1. The average molecular weight is 353 g/mol. The van der Waals surface area contributed by atoms with Gasteiger partial charge in [0.05, 0.1) is 18.1 Å². The van der Waals surface area contributed by atoms with Crippen LogP contribution in [0.1, 0.15) is 38.7 Å². The number of hydrogen-bond donors (Lipinski definition) is 0. The normalized spacial score (nSPS) is 26.8. The largest absolute Gasteiger partial charge is 0.379 e. The Labute approximate surface area is 145 Å². The van der Waals surface area contributed by atoms with E-state index < -0.39 is 10.0 Å². The summed E-state index contributed by atoms with van der Waals surface area (Å²) >= 11 is 0. The van der Waals surface area contributed by atoms with E-state index in [1.807, 2.05) is 12.1 Å². The van der Waals surface area contributed by atoms with Gasteiger partial charge in [-0.05, 0) is 50.4 Å². The van der Waals surface area contributed by atoms with Crippen molar-refractivity contribution in [2.45, 2.75) is 50.1 Å². The SMILES string of the molecule is CCC1(C)CCCN1Cc1ccc(S(=O)(=O)N2CCOCC2)cc1. The lowest BCUT2D eigenvalue weighted by atomic mass is 9.95. The Morgan fingerprint density at radius 3 is 2.42 bits per heavy atom. The fraction of sp³-hybridized carbons (Fsp3) is 0.667. The van der Waals surface area contributed by atoms with Crippen molar-refractivity contribution >= 4 is 10.0 Å². The third-order valence-corrected chi connectivity index (χ3v) is 7.49. The Hall–Kier alpha value is -0.950. The van der Waals surface area contributed by atoms with E-state index in [1.54, 1.807) is 12.1 Å². The van der Waals surface area contributed by atoms with Crippen LogP contribution in [0.5, 0.6) is 0 Å². The average Bonchev–Trinajstić information content (AvgIpc) is 2.97. The Morgan fingerprint density at radius 1 is 1.12 bits per heavy atom. The second-order valence-electron chi connectivity index (χ2n) is 7.04. The van der Waals surface area contributed by atoms with Crippen LogP contribution in [0.25, 0.3) is 0 Å². The van der Waals surface area contributed by atoms with E-state index in [4.69, 9.17) is 4.74 Å². The Balaban J connectivity index is 1.71. The first kappa shape index (κ1) is 17.9. The van der Waals surface area contributed by atoms with Crippen molar-refractivity contribution < 1.29 is 13.2 Å². The summed E-state index contributed by atoms with van der Waals surface area (Å²) in [5, 5.41) is 0. The number of hydrogen-bond acceptors (Lipinski definition) is 4. The molecule has 0 aromatic heterocycles. The highest BCUT2D eigenvalue weighted by Gasteiger charge is 2.34. The van der Waals surface area contributed by atoms with Crippen LogP contribution < -0.4 is 0 Å². The maximum absolute atomic E-state index is 12.7. The Kier molecular flexibility index (Phi) is 5.30. The molecule has 0 saturated carbocycles. The zero-order chi connectivity index (χ0) is 17.2. The minimum absolute atomic E-state index is 0.276. The van der Waals surface area contributed by atoms with Crippen molar-refractivity contribution in [2.75, 3.05) is 32.8 Å². The molecule has 1 atom stereocenters.